The Morgan fingerprint density at radius 3 is 2.61 bits per heavy atom. The van der Waals surface area contributed by atoms with Gasteiger partial charge in [-0.2, -0.15) is 0 Å². The Hall–Kier alpha value is -2.64. The fourth-order valence-electron chi connectivity index (χ4n) is 5.26. The first-order valence-corrected chi connectivity index (χ1v) is 9.46. The summed E-state index contributed by atoms with van der Waals surface area (Å²) in [6.07, 6.45) is -0.0495. The van der Waals surface area contributed by atoms with E-state index in [9.17, 15) is 5.11 Å². The van der Waals surface area contributed by atoms with Gasteiger partial charge >= 0.3 is 0 Å². The van der Waals surface area contributed by atoms with Gasteiger partial charge < -0.3 is 28.8 Å². The summed E-state index contributed by atoms with van der Waals surface area (Å²) in [7, 11) is 3.71. The van der Waals surface area contributed by atoms with Crippen LogP contribution in [0.5, 0.6) is 28.7 Å². The van der Waals surface area contributed by atoms with Gasteiger partial charge in [0, 0.05) is 36.1 Å². The van der Waals surface area contributed by atoms with Crippen LogP contribution in [0.2, 0.25) is 0 Å². The Kier molecular flexibility index (Phi) is 3.31. The van der Waals surface area contributed by atoms with E-state index in [0.29, 0.717) is 30.2 Å². The molecule has 2 aromatic rings. The van der Waals surface area contributed by atoms with E-state index >= 15 is 0 Å². The highest BCUT2D eigenvalue weighted by molar-refractivity contribution is 5.64. The predicted octanol–water partition coefficient (Wildman–Crippen LogP) is 2.34. The van der Waals surface area contributed by atoms with Crippen molar-refractivity contribution in [3.8, 4) is 28.7 Å². The lowest BCUT2D eigenvalue weighted by atomic mass is 9.70. The number of aliphatic hydroxyl groups is 1. The van der Waals surface area contributed by atoms with Crippen LogP contribution >= 0.6 is 0 Å². The third kappa shape index (κ3) is 2.00. The lowest BCUT2D eigenvalue weighted by Crippen LogP contribution is -2.43. The molecule has 3 heterocycles. The van der Waals surface area contributed by atoms with Gasteiger partial charge in [0.15, 0.2) is 23.0 Å². The molecule has 0 spiro atoms. The second kappa shape index (κ2) is 5.68. The predicted molar refractivity (Wildman–Crippen MR) is 98.3 cm³/mol. The highest BCUT2D eigenvalue weighted by atomic mass is 16.7. The summed E-state index contributed by atoms with van der Waals surface area (Å²) in [4.78, 5) is 2.26. The largest absolute Gasteiger partial charge is 0.492 e. The van der Waals surface area contributed by atoms with Gasteiger partial charge in [0.1, 0.15) is 0 Å². The first kappa shape index (κ1) is 16.3. The maximum Gasteiger partial charge on any atom is 0.231 e. The molecule has 146 valence electrons. The second-order valence-corrected chi connectivity index (χ2v) is 7.74. The molecule has 0 saturated carbocycles. The van der Waals surface area contributed by atoms with Crippen LogP contribution in [0.4, 0.5) is 0 Å². The first-order valence-electron chi connectivity index (χ1n) is 9.46. The van der Waals surface area contributed by atoms with Gasteiger partial charge in [0.2, 0.25) is 19.3 Å². The van der Waals surface area contributed by atoms with Crippen molar-refractivity contribution in [1.82, 2.24) is 4.90 Å². The summed E-state index contributed by atoms with van der Waals surface area (Å²) in [6, 6.07) is 6.09. The fraction of sp³-hybridized carbons (Fsp3) is 0.429. The number of ether oxygens (including phenoxy) is 5. The molecule has 1 aliphatic carbocycles. The van der Waals surface area contributed by atoms with E-state index in [1.54, 1.807) is 7.11 Å². The van der Waals surface area contributed by atoms with Crippen LogP contribution in [0, 0.1) is 0 Å². The quantitative estimate of drug-likeness (QED) is 0.811. The number of hydrogen-bond donors (Lipinski definition) is 1. The van der Waals surface area contributed by atoms with Crippen molar-refractivity contribution in [2.45, 2.75) is 31.0 Å². The summed E-state index contributed by atoms with van der Waals surface area (Å²) in [5.74, 6) is 3.53. The minimum absolute atomic E-state index is 0.00928. The van der Waals surface area contributed by atoms with Crippen LogP contribution in [0.25, 0.3) is 0 Å². The van der Waals surface area contributed by atoms with Gasteiger partial charge in [-0.1, -0.05) is 6.07 Å². The van der Waals surface area contributed by atoms with Crippen LogP contribution < -0.4 is 23.7 Å². The van der Waals surface area contributed by atoms with Gasteiger partial charge in [0.05, 0.1) is 13.2 Å². The standard InChI is InChI=1S/C21H21NO6/c1-22-7-13-10(3-4-15-19(13)27-8-25-15)17-14(23)5-12-11(18(17)22)6-16-21(20(12)24-2)28-9-26-16/h3-4,6,14,17-18,23H,5,7-9H2,1-2H3. The Bertz CT molecular complexity index is 990. The molecule has 4 aliphatic rings. The topological polar surface area (TPSA) is 69.6 Å². The minimum atomic E-state index is -0.548. The molecule has 0 saturated heterocycles. The molecule has 0 amide bonds. The maximum atomic E-state index is 11.2. The normalized spacial score (nSPS) is 26.5. The highest BCUT2D eigenvalue weighted by Gasteiger charge is 2.46. The van der Waals surface area contributed by atoms with Crippen molar-refractivity contribution < 1.29 is 28.8 Å². The van der Waals surface area contributed by atoms with E-state index in [0.717, 1.165) is 33.8 Å². The lowest BCUT2D eigenvalue weighted by Gasteiger charge is -2.46. The molecule has 0 aromatic heterocycles. The van der Waals surface area contributed by atoms with Crippen molar-refractivity contribution in [3.05, 3.63) is 40.5 Å². The number of benzene rings is 2. The van der Waals surface area contributed by atoms with E-state index < -0.39 is 6.10 Å². The van der Waals surface area contributed by atoms with Crippen molar-refractivity contribution in [2.24, 2.45) is 0 Å². The molecular formula is C21H21NO6. The summed E-state index contributed by atoms with van der Waals surface area (Å²) >= 11 is 0. The van der Waals surface area contributed by atoms with Crippen LogP contribution in [-0.2, 0) is 13.0 Å². The van der Waals surface area contributed by atoms with Crippen molar-refractivity contribution in [2.75, 3.05) is 27.7 Å². The average Bonchev–Trinajstić information content (AvgIpc) is 3.35. The van der Waals surface area contributed by atoms with Crippen LogP contribution in [0.1, 0.15) is 34.2 Å². The summed E-state index contributed by atoms with van der Waals surface area (Å²) < 4.78 is 28.2. The fourth-order valence-corrected chi connectivity index (χ4v) is 5.26. The molecule has 3 unspecified atom stereocenters. The summed E-state index contributed by atoms with van der Waals surface area (Å²) in [6.45, 7) is 1.15. The van der Waals surface area contributed by atoms with Crippen molar-refractivity contribution in [3.63, 3.8) is 0 Å². The monoisotopic (exact) mass is 383 g/mol. The highest BCUT2D eigenvalue weighted by Crippen LogP contribution is 2.56. The Balaban J connectivity index is 1.55. The third-order valence-electron chi connectivity index (χ3n) is 6.37. The first-order chi connectivity index (χ1) is 13.7. The van der Waals surface area contributed by atoms with Crippen LogP contribution in [-0.4, -0.2) is 43.9 Å². The molecule has 3 atom stereocenters. The molecule has 7 nitrogen and oxygen atoms in total. The molecule has 6 rings (SSSR count). The number of methoxy groups -OCH3 is 1. The number of likely N-dealkylation sites (N-methyl/N-ethyl adjacent to an activating group) is 1. The summed E-state index contributed by atoms with van der Waals surface area (Å²) in [5, 5.41) is 11.2. The minimum Gasteiger partial charge on any atom is -0.492 e. The van der Waals surface area contributed by atoms with Crippen molar-refractivity contribution >= 4 is 0 Å². The van der Waals surface area contributed by atoms with Gasteiger partial charge in [-0.15, -0.1) is 0 Å². The Labute approximate surface area is 162 Å². The van der Waals surface area contributed by atoms with Crippen LogP contribution in [0.15, 0.2) is 18.2 Å². The van der Waals surface area contributed by atoms with E-state index in [1.807, 2.05) is 6.07 Å². The van der Waals surface area contributed by atoms with Crippen LogP contribution in [0.3, 0.4) is 0 Å². The molecule has 7 heteroatoms. The number of rotatable bonds is 1. The molecule has 1 N–H and O–H groups in total. The van der Waals surface area contributed by atoms with Gasteiger partial charge in [0.25, 0.3) is 0 Å². The van der Waals surface area contributed by atoms with Gasteiger partial charge in [-0.05, 0) is 30.3 Å². The van der Waals surface area contributed by atoms with E-state index in [2.05, 4.69) is 24.1 Å². The molecule has 0 radical (unpaired) electrons. The van der Waals surface area contributed by atoms with E-state index in [1.165, 1.54) is 0 Å². The number of hydrogen-bond acceptors (Lipinski definition) is 7. The third-order valence-corrected chi connectivity index (χ3v) is 6.37. The Morgan fingerprint density at radius 1 is 1.00 bits per heavy atom. The van der Waals surface area contributed by atoms with E-state index in [-0.39, 0.29) is 25.5 Å². The molecule has 3 aliphatic heterocycles. The van der Waals surface area contributed by atoms with Gasteiger partial charge in [-0.25, -0.2) is 0 Å². The van der Waals surface area contributed by atoms with Crippen molar-refractivity contribution in [1.29, 1.82) is 0 Å². The zero-order valence-corrected chi connectivity index (χ0v) is 15.7. The zero-order chi connectivity index (χ0) is 19.0. The number of aliphatic hydroxyl groups excluding tert-OH is 1. The molecular weight excluding hydrogens is 362 g/mol. The van der Waals surface area contributed by atoms with Gasteiger partial charge in [-0.3, -0.25) is 4.90 Å². The molecule has 0 bridgehead atoms. The average molecular weight is 383 g/mol. The molecule has 0 fully saturated rings. The number of nitrogens with zero attached hydrogens (tertiary/aromatic N) is 1. The lowest BCUT2D eigenvalue weighted by molar-refractivity contribution is 0.0582. The Morgan fingerprint density at radius 2 is 1.79 bits per heavy atom. The number of fused-ring (bicyclic) bond motifs is 8. The van der Waals surface area contributed by atoms with E-state index in [4.69, 9.17) is 23.7 Å². The maximum absolute atomic E-state index is 11.2. The smallest absolute Gasteiger partial charge is 0.231 e. The summed E-state index contributed by atoms with van der Waals surface area (Å²) in [5.41, 5.74) is 4.36. The zero-order valence-electron chi connectivity index (χ0n) is 15.7. The molecule has 2 aromatic carbocycles. The second-order valence-electron chi connectivity index (χ2n) is 7.74. The SMILES string of the molecule is COc1c2c(cc3c1OCO3)C1C(c3ccc4c(c3CN1C)OCO4)C(O)C2. The molecule has 28 heavy (non-hydrogen) atoms.